The first-order valence-corrected chi connectivity index (χ1v) is 6.85. The molecule has 0 saturated heterocycles. The highest BCUT2D eigenvalue weighted by Gasteiger charge is 2.16. The fraction of sp³-hybridized carbons (Fsp3) is 0.571. The first kappa shape index (κ1) is 11.5. The van der Waals surface area contributed by atoms with E-state index in [0.29, 0.717) is 6.04 Å². The smallest absolute Gasteiger partial charge is 0.154 e. The Balaban J connectivity index is 2.16. The summed E-state index contributed by atoms with van der Waals surface area (Å²) < 4.78 is 2.41. The first-order chi connectivity index (χ1) is 8.75. The van der Waals surface area contributed by atoms with E-state index in [1.165, 1.54) is 30.5 Å². The zero-order valence-electron chi connectivity index (χ0n) is 11.1. The molecule has 96 valence electrons. The van der Waals surface area contributed by atoms with Gasteiger partial charge >= 0.3 is 0 Å². The summed E-state index contributed by atoms with van der Waals surface area (Å²) in [6, 6.07) is 2.62. The minimum absolute atomic E-state index is 0.389. The highest BCUT2D eigenvalue weighted by molar-refractivity contribution is 5.87. The molecule has 0 spiro atoms. The van der Waals surface area contributed by atoms with Crippen molar-refractivity contribution in [3.8, 4) is 0 Å². The molecule has 0 aliphatic carbocycles. The van der Waals surface area contributed by atoms with E-state index >= 15 is 0 Å². The number of hydrogen-bond donors (Lipinski definition) is 1. The van der Waals surface area contributed by atoms with Crippen molar-refractivity contribution in [3.05, 3.63) is 18.1 Å². The third-order valence-corrected chi connectivity index (χ3v) is 3.51. The predicted molar refractivity (Wildman–Crippen MR) is 73.8 cm³/mol. The summed E-state index contributed by atoms with van der Waals surface area (Å²) in [5.41, 5.74) is 3.67. The fourth-order valence-electron chi connectivity index (χ4n) is 2.74. The van der Waals surface area contributed by atoms with Gasteiger partial charge in [0.1, 0.15) is 11.8 Å². The molecule has 1 N–H and O–H groups in total. The van der Waals surface area contributed by atoms with Crippen molar-refractivity contribution in [2.75, 3.05) is 5.32 Å². The zero-order valence-corrected chi connectivity index (χ0v) is 11.1. The lowest BCUT2D eigenvalue weighted by Gasteiger charge is -2.13. The molecule has 4 nitrogen and oxygen atoms in total. The molecule has 0 unspecified atom stereocenters. The van der Waals surface area contributed by atoms with Crippen LogP contribution >= 0.6 is 0 Å². The molecule has 1 aliphatic heterocycles. The summed E-state index contributed by atoms with van der Waals surface area (Å²) in [5.74, 6) is 0.975. The van der Waals surface area contributed by atoms with Crippen LogP contribution in [0, 0.1) is 0 Å². The van der Waals surface area contributed by atoms with E-state index in [0.717, 1.165) is 24.3 Å². The number of aromatic nitrogens is 3. The maximum absolute atomic E-state index is 4.41. The molecule has 3 rings (SSSR count). The van der Waals surface area contributed by atoms with Crippen LogP contribution in [0.5, 0.6) is 0 Å². The largest absolute Gasteiger partial charge is 0.366 e. The topological polar surface area (TPSA) is 42.7 Å². The Labute approximate surface area is 107 Å². The molecule has 4 heteroatoms. The molecule has 0 saturated carbocycles. The number of hydrogen-bond acceptors (Lipinski definition) is 3. The van der Waals surface area contributed by atoms with Gasteiger partial charge in [-0.05, 0) is 39.2 Å². The molecule has 0 amide bonds. The van der Waals surface area contributed by atoms with Crippen molar-refractivity contribution in [1.82, 2.24) is 14.5 Å². The predicted octanol–water partition coefficient (Wildman–Crippen LogP) is 2.98. The van der Waals surface area contributed by atoms with E-state index in [4.69, 9.17) is 0 Å². The third kappa shape index (κ3) is 1.96. The van der Waals surface area contributed by atoms with E-state index in [-0.39, 0.29) is 0 Å². The summed E-state index contributed by atoms with van der Waals surface area (Å²) in [6.07, 6.45) is 6.69. The lowest BCUT2D eigenvalue weighted by molar-refractivity contribution is 0.648. The number of nitrogens with one attached hydrogen (secondary N) is 1. The van der Waals surface area contributed by atoms with Crippen molar-refractivity contribution >= 4 is 16.9 Å². The second-order valence-electron chi connectivity index (χ2n) is 5.35. The SMILES string of the molecule is CC(C)Nc1ncnc2cc3n(c12)CCCCC3. The molecule has 2 aromatic heterocycles. The molecular weight excluding hydrogens is 224 g/mol. The van der Waals surface area contributed by atoms with E-state index in [1.54, 1.807) is 6.33 Å². The van der Waals surface area contributed by atoms with Crippen LogP contribution in [0.4, 0.5) is 5.82 Å². The van der Waals surface area contributed by atoms with Gasteiger partial charge < -0.3 is 9.88 Å². The standard InChI is InChI=1S/C14H20N4/c1-10(2)17-14-13-12(15-9-16-14)8-11-6-4-3-5-7-18(11)13/h8-10H,3-7H2,1-2H3,(H,15,16,17). The van der Waals surface area contributed by atoms with E-state index < -0.39 is 0 Å². The van der Waals surface area contributed by atoms with Gasteiger partial charge in [0.05, 0.1) is 5.52 Å². The third-order valence-electron chi connectivity index (χ3n) is 3.51. The Morgan fingerprint density at radius 3 is 2.94 bits per heavy atom. The lowest BCUT2D eigenvalue weighted by atomic mass is 10.2. The summed E-state index contributed by atoms with van der Waals surface area (Å²) >= 11 is 0. The van der Waals surface area contributed by atoms with Crippen molar-refractivity contribution in [3.63, 3.8) is 0 Å². The van der Waals surface area contributed by atoms with Crippen LogP contribution in [0.1, 0.15) is 38.8 Å². The van der Waals surface area contributed by atoms with E-state index in [1.807, 2.05) is 0 Å². The molecule has 0 atom stereocenters. The van der Waals surface area contributed by atoms with Gasteiger partial charge in [-0.1, -0.05) is 6.42 Å². The van der Waals surface area contributed by atoms with Crippen molar-refractivity contribution in [1.29, 1.82) is 0 Å². The molecule has 0 fully saturated rings. The molecule has 0 aromatic carbocycles. The molecule has 3 heterocycles. The van der Waals surface area contributed by atoms with Crippen LogP contribution in [-0.4, -0.2) is 20.6 Å². The molecule has 1 aliphatic rings. The first-order valence-electron chi connectivity index (χ1n) is 6.85. The molecule has 2 aromatic rings. The van der Waals surface area contributed by atoms with Gasteiger partial charge in [-0.15, -0.1) is 0 Å². The highest BCUT2D eigenvalue weighted by atomic mass is 15.1. The van der Waals surface area contributed by atoms with Gasteiger partial charge in [-0.3, -0.25) is 0 Å². The number of rotatable bonds is 2. The van der Waals surface area contributed by atoms with Crippen LogP contribution in [0.2, 0.25) is 0 Å². The highest BCUT2D eigenvalue weighted by Crippen LogP contribution is 2.27. The van der Waals surface area contributed by atoms with Crippen LogP contribution in [0.15, 0.2) is 12.4 Å². The molecule has 0 bridgehead atoms. The normalized spacial score (nSPS) is 15.7. The number of anilines is 1. The summed E-state index contributed by atoms with van der Waals surface area (Å²) in [5, 5.41) is 3.43. The van der Waals surface area contributed by atoms with Gasteiger partial charge in [-0.25, -0.2) is 9.97 Å². The maximum atomic E-state index is 4.41. The lowest BCUT2D eigenvalue weighted by Crippen LogP contribution is -2.13. The van der Waals surface area contributed by atoms with Crippen molar-refractivity contribution in [2.24, 2.45) is 0 Å². The van der Waals surface area contributed by atoms with Gasteiger partial charge in [0.2, 0.25) is 0 Å². The van der Waals surface area contributed by atoms with Crippen LogP contribution in [-0.2, 0) is 13.0 Å². The van der Waals surface area contributed by atoms with Crippen LogP contribution in [0.3, 0.4) is 0 Å². The molecule has 18 heavy (non-hydrogen) atoms. The van der Waals surface area contributed by atoms with Crippen molar-refractivity contribution < 1.29 is 0 Å². The second kappa shape index (κ2) is 4.59. The fourth-order valence-corrected chi connectivity index (χ4v) is 2.74. The molecular formula is C14H20N4. The number of aryl methyl sites for hydroxylation is 2. The maximum Gasteiger partial charge on any atom is 0.154 e. The van der Waals surface area contributed by atoms with Gasteiger partial charge in [0, 0.05) is 18.3 Å². The quantitative estimate of drug-likeness (QED) is 0.883. The minimum Gasteiger partial charge on any atom is -0.366 e. The van der Waals surface area contributed by atoms with Crippen molar-refractivity contribution in [2.45, 2.75) is 52.1 Å². The summed E-state index contributed by atoms with van der Waals surface area (Å²) in [7, 11) is 0. The average Bonchev–Trinajstić information content (AvgIpc) is 2.52. The van der Waals surface area contributed by atoms with Crippen LogP contribution < -0.4 is 5.32 Å². The minimum atomic E-state index is 0.389. The summed E-state index contributed by atoms with van der Waals surface area (Å²) in [4.78, 5) is 8.83. The van der Waals surface area contributed by atoms with Gasteiger partial charge in [-0.2, -0.15) is 0 Å². The Morgan fingerprint density at radius 2 is 2.11 bits per heavy atom. The van der Waals surface area contributed by atoms with E-state index in [9.17, 15) is 0 Å². The van der Waals surface area contributed by atoms with Crippen LogP contribution in [0.25, 0.3) is 11.0 Å². The Morgan fingerprint density at radius 1 is 1.22 bits per heavy atom. The zero-order chi connectivity index (χ0) is 12.5. The summed E-state index contributed by atoms with van der Waals surface area (Å²) in [6.45, 7) is 5.37. The number of nitrogens with zero attached hydrogens (tertiary/aromatic N) is 3. The van der Waals surface area contributed by atoms with E-state index in [2.05, 4.69) is 39.8 Å². The average molecular weight is 244 g/mol. The Bertz CT molecular complexity index is 556. The Hall–Kier alpha value is -1.58. The van der Waals surface area contributed by atoms with Gasteiger partial charge in [0.15, 0.2) is 5.82 Å². The number of fused-ring (bicyclic) bond motifs is 3. The van der Waals surface area contributed by atoms with Gasteiger partial charge in [0.25, 0.3) is 0 Å². The Kier molecular flexibility index (Phi) is 2.94. The monoisotopic (exact) mass is 244 g/mol. The molecule has 0 radical (unpaired) electrons. The second-order valence-corrected chi connectivity index (χ2v) is 5.35.